The second-order valence-electron chi connectivity index (χ2n) is 2.73. The Balaban J connectivity index is 2.35. The number of methoxy groups -OCH3 is 1. The molecule has 0 fully saturated rings. The smallest absolute Gasteiger partial charge is 0.261 e. The van der Waals surface area contributed by atoms with Crippen molar-refractivity contribution in [2.45, 2.75) is 13.0 Å². The number of ether oxygens (including phenoxy) is 1. The maximum absolute atomic E-state index is 11.4. The standard InChI is InChI=1S/C9H13NO2S/c1-7(12-2)6-10-9(11)8-4-3-5-13-8/h3-5,7H,6H2,1-2H3,(H,10,11). The first-order chi connectivity index (χ1) is 6.24. The average Bonchev–Trinajstić information content (AvgIpc) is 2.66. The van der Waals surface area contributed by atoms with Gasteiger partial charge in [0, 0.05) is 13.7 Å². The van der Waals surface area contributed by atoms with Gasteiger partial charge >= 0.3 is 0 Å². The summed E-state index contributed by atoms with van der Waals surface area (Å²) in [6.45, 7) is 2.46. The van der Waals surface area contributed by atoms with Crippen LogP contribution in [0.3, 0.4) is 0 Å². The van der Waals surface area contributed by atoms with Crippen LogP contribution in [0, 0.1) is 0 Å². The van der Waals surface area contributed by atoms with E-state index in [-0.39, 0.29) is 12.0 Å². The van der Waals surface area contributed by atoms with E-state index in [4.69, 9.17) is 4.74 Å². The molecule has 1 amide bonds. The van der Waals surface area contributed by atoms with E-state index < -0.39 is 0 Å². The molecular weight excluding hydrogens is 186 g/mol. The zero-order valence-electron chi connectivity index (χ0n) is 7.74. The van der Waals surface area contributed by atoms with Gasteiger partial charge in [0.1, 0.15) is 0 Å². The third kappa shape index (κ3) is 3.16. The van der Waals surface area contributed by atoms with Crippen molar-refractivity contribution < 1.29 is 9.53 Å². The lowest BCUT2D eigenvalue weighted by molar-refractivity contribution is 0.0874. The topological polar surface area (TPSA) is 38.3 Å². The van der Waals surface area contributed by atoms with E-state index in [1.165, 1.54) is 11.3 Å². The molecule has 1 aromatic heterocycles. The highest BCUT2D eigenvalue weighted by Crippen LogP contribution is 2.07. The second-order valence-corrected chi connectivity index (χ2v) is 3.68. The minimum absolute atomic E-state index is 0.0288. The fourth-order valence-corrected chi connectivity index (χ4v) is 1.45. The Morgan fingerprint density at radius 3 is 3.08 bits per heavy atom. The highest BCUT2D eigenvalue weighted by Gasteiger charge is 2.07. The summed E-state index contributed by atoms with van der Waals surface area (Å²) in [5.74, 6) is -0.0288. The van der Waals surface area contributed by atoms with Crippen LogP contribution < -0.4 is 5.32 Å². The molecule has 0 aliphatic heterocycles. The Hall–Kier alpha value is -0.870. The van der Waals surface area contributed by atoms with E-state index >= 15 is 0 Å². The molecule has 0 aliphatic rings. The molecule has 0 saturated carbocycles. The summed E-state index contributed by atoms with van der Waals surface area (Å²) in [6.07, 6.45) is 0.0592. The van der Waals surface area contributed by atoms with Crippen LogP contribution >= 0.6 is 11.3 Å². The zero-order valence-corrected chi connectivity index (χ0v) is 8.56. The Morgan fingerprint density at radius 1 is 1.77 bits per heavy atom. The molecule has 4 heteroatoms. The normalized spacial score (nSPS) is 12.5. The van der Waals surface area contributed by atoms with Gasteiger partial charge in [0.25, 0.3) is 5.91 Å². The van der Waals surface area contributed by atoms with Crippen molar-refractivity contribution in [1.29, 1.82) is 0 Å². The number of nitrogens with one attached hydrogen (secondary N) is 1. The van der Waals surface area contributed by atoms with Crippen LogP contribution in [0.4, 0.5) is 0 Å². The predicted octanol–water partition coefficient (Wildman–Crippen LogP) is 1.51. The highest BCUT2D eigenvalue weighted by molar-refractivity contribution is 7.12. The van der Waals surface area contributed by atoms with Crippen molar-refractivity contribution in [2.24, 2.45) is 0 Å². The van der Waals surface area contributed by atoms with Crippen LogP contribution in [-0.4, -0.2) is 25.7 Å². The van der Waals surface area contributed by atoms with Crippen molar-refractivity contribution in [3.8, 4) is 0 Å². The summed E-state index contributed by atoms with van der Waals surface area (Å²) < 4.78 is 5.01. The van der Waals surface area contributed by atoms with E-state index in [0.717, 1.165) is 4.88 Å². The third-order valence-corrected chi connectivity index (χ3v) is 2.57. The Kier molecular flexibility index (Phi) is 3.92. The molecule has 1 rings (SSSR count). The molecule has 3 nitrogen and oxygen atoms in total. The molecule has 0 saturated heterocycles. The summed E-state index contributed by atoms with van der Waals surface area (Å²) in [7, 11) is 1.63. The maximum Gasteiger partial charge on any atom is 0.261 e. The lowest BCUT2D eigenvalue weighted by atomic mass is 10.4. The average molecular weight is 199 g/mol. The Labute approximate surface area is 81.7 Å². The van der Waals surface area contributed by atoms with Crippen LogP contribution in [0.25, 0.3) is 0 Å². The minimum atomic E-state index is -0.0288. The van der Waals surface area contributed by atoms with Crippen LogP contribution in [0.2, 0.25) is 0 Å². The van der Waals surface area contributed by atoms with Gasteiger partial charge in [0.15, 0.2) is 0 Å². The molecule has 0 aliphatic carbocycles. The number of carbonyl (C=O) groups excluding carboxylic acids is 1. The van der Waals surface area contributed by atoms with Gasteiger partial charge in [0.2, 0.25) is 0 Å². The lowest BCUT2D eigenvalue weighted by Gasteiger charge is -2.09. The van der Waals surface area contributed by atoms with Gasteiger partial charge in [-0.2, -0.15) is 0 Å². The largest absolute Gasteiger partial charge is 0.380 e. The van der Waals surface area contributed by atoms with Crippen molar-refractivity contribution in [3.63, 3.8) is 0 Å². The fraction of sp³-hybridized carbons (Fsp3) is 0.444. The van der Waals surface area contributed by atoms with Crippen LogP contribution in [0.1, 0.15) is 16.6 Å². The number of rotatable bonds is 4. The van der Waals surface area contributed by atoms with Crippen LogP contribution in [-0.2, 0) is 4.74 Å². The third-order valence-electron chi connectivity index (χ3n) is 1.70. The molecule has 1 heterocycles. The Morgan fingerprint density at radius 2 is 2.54 bits per heavy atom. The van der Waals surface area contributed by atoms with Crippen molar-refractivity contribution in [2.75, 3.05) is 13.7 Å². The monoisotopic (exact) mass is 199 g/mol. The number of amides is 1. The molecule has 0 aromatic carbocycles. The first-order valence-corrected chi connectivity index (χ1v) is 4.96. The maximum atomic E-state index is 11.4. The molecule has 1 aromatic rings. The number of carbonyl (C=O) groups is 1. The molecule has 1 unspecified atom stereocenters. The highest BCUT2D eigenvalue weighted by atomic mass is 32.1. The van der Waals surface area contributed by atoms with E-state index in [0.29, 0.717) is 6.54 Å². The fourth-order valence-electron chi connectivity index (χ4n) is 0.815. The summed E-state index contributed by atoms with van der Waals surface area (Å²) in [5, 5.41) is 4.67. The summed E-state index contributed by atoms with van der Waals surface area (Å²) >= 11 is 1.44. The molecule has 0 spiro atoms. The molecule has 0 bridgehead atoms. The lowest BCUT2D eigenvalue weighted by Crippen LogP contribution is -2.30. The first kappa shape index (κ1) is 10.2. The quantitative estimate of drug-likeness (QED) is 0.798. The van der Waals surface area contributed by atoms with E-state index in [2.05, 4.69) is 5.32 Å². The molecule has 0 radical (unpaired) electrons. The molecule has 1 atom stereocenters. The van der Waals surface area contributed by atoms with E-state index in [9.17, 15) is 4.79 Å². The summed E-state index contributed by atoms with van der Waals surface area (Å²) in [4.78, 5) is 12.1. The molecular formula is C9H13NO2S. The van der Waals surface area contributed by atoms with Gasteiger partial charge in [0.05, 0.1) is 11.0 Å². The van der Waals surface area contributed by atoms with Crippen molar-refractivity contribution >= 4 is 17.2 Å². The summed E-state index contributed by atoms with van der Waals surface area (Å²) in [5.41, 5.74) is 0. The number of hydrogen-bond donors (Lipinski definition) is 1. The van der Waals surface area contributed by atoms with Gasteiger partial charge in [-0.15, -0.1) is 11.3 Å². The van der Waals surface area contributed by atoms with E-state index in [1.54, 1.807) is 13.2 Å². The van der Waals surface area contributed by atoms with Crippen molar-refractivity contribution in [3.05, 3.63) is 22.4 Å². The second kappa shape index (κ2) is 4.99. The predicted molar refractivity (Wildman–Crippen MR) is 53.1 cm³/mol. The summed E-state index contributed by atoms with van der Waals surface area (Å²) in [6, 6.07) is 3.66. The molecule has 1 N–H and O–H groups in total. The molecule has 13 heavy (non-hydrogen) atoms. The SMILES string of the molecule is COC(C)CNC(=O)c1cccs1. The molecule has 72 valence electrons. The van der Waals surface area contributed by atoms with Crippen LogP contribution in [0.5, 0.6) is 0 Å². The number of hydrogen-bond acceptors (Lipinski definition) is 3. The van der Waals surface area contributed by atoms with Gasteiger partial charge < -0.3 is 10.1 Å². The van der Waals surface area contributed by atoms with Crippen LogP contribution in [0.15, 0.2) is 17.5 Å². The van der Waals surface area contributed by atoms with E-state index in [1.807, 2.05) is 18.4 Å². The Bertz CT molecular complexity index is 259. The van der Waals surface area contributed by atoms with Gasteiger partial charge in [-0.05, 0) is 18.4 Å². The van der Waals surface area contributed by atoms with Gasteiger partial charge in [-0.3, -0.25) is 4.79 Å². The van der Waals surface area contributed by atoms with Gasteiger partial charge in [-0.25, -0.2) is 0 Å². The number of thiophene rings is 1. The minimum Gasteiger partial charge on any atom is -0.380 e. The first-order valence-electron chi connectivity index (χ1n) is 4.08. The zero-order chi connectivity index (χ0) is 9.68. The van der Waals surface area contributed by atoms with Crippen molar-refractivity contribution in [1.82, 2.24) is 5.32 Å². The van der Waals surface area contributed by atoms with Gasteiger partial charge in [-0.1, -0.05) is 6.07 Å².